The zero-order valence-corrected chi connectivity index (χ0v) is 14.3. The van der Waals surface area contributed by atoms with Gasteiger partial charge in [0.15, 0.2) is 0 Å². The average Bonchev–Trinajstić information content (AvgIpc) is 3.17. The molecule has 0 spiro atoms. The van der Waals surface area contributed by atoms with Crippen molar-refractivity contribution in [3.8, 4) is 5.88 Å². The first-order valence-electron chi connectivity index (χ1n) is 8.23. The minimum absolute atomic E-state index is 0.142. The van der Waals surface area contributed by atoms with Crippen molar-refractivity contribution in [1.29, 1.82) is 0 Å². The highest BCUT2D eigenvalue weighted by Crippen LogP contribution is 2.24. The molecule has 0 saturated carbocycles. The van der Waals surface area contributed by atoms with Gasteiger partial charge in [0.25, 0.3) is 5.91 Å². The van der Waals surface area contributed by atoms with Gasteiger partial charge in [-0.1, -0.05) is 6.42 Å². The third-order valence-electron chi connectivity index (χ3n) is 4.48. The van der Waals surface area contributed by atoms with Crippen molar-refractivity contribution >= 4 is 5.91 Å². The van der Waals surface area contributed by atoms with Gasteiger partial charge in [-0.15, -0.1) is 0 Å². The van der Waals surface area contributed by atoms with E-state index in [2.05, 4.69) is 25.9 Å². The van der Waals surface area contributed by atoms with Crippen molar-refractivity contribution in [2.24, 2.45) is 7.05 Å². The van der Waals surface area contributed by atoms with E-state index < -0.39 is 0 Å². The number of aryl methyl sites for hydroxylation is 2. The van der Waals surface area contributed by atoms with Crippen molar-refractivity contribution in [2.75, 3.05) is 13.7 Å². The van der Waals surface area contributed by atoms with E-state index in [4.69, 9.17) is 4.74 Å². The van der Waals surface area contributed by atoms with E-state index in [1.54, 1.807) is 18.0 Å². The first-order chi connectivity index (χ1) is 11.6. The minimum atomic E-state index is -0.142. The van der Waals surface area contributed by atoms with Crippen LogP contribution in [0.3, 0.4) is 0 Å². The summed E-state index contributed by atoms with van der Waals surface area (Å²) in [5, 5.41) is 17.8. The number of nitrogens with one attached hydrogen (secondary N) is 3. The van der Waals surface area contributed by atoms with Crippen LogP contribution in [-0.4, -0.2) is 39.5 Å². The number of aromatic nitrogens is 4. The Bertz CT molecular complexity index is 714. The van der Waals surface area contributed by atoms with Crippen LogP contribution in [0.4, 0.5) is 0 Å². The van der Waals surface area contributed by atoms with Gasteiger partial charge in [0.05, 0.1) is 42.4 Å². The van der Waals surface area contributed by atoms with E-state index in [1.165, 1.54) is 6.42 Å². The predicted molar refractivity (Wildman–Crippen MR) is 88.8 cm³/mol. The Morgan fingerprint density at radius 1 is 1.50 bits per heavy atom. The maximum atomic E-state index is 12.6. The van der Waals surface area contributed by atoms with Gasteiger partial charge in [0.2, 0.25) is 5.88 Å². The largest absolute Gasteiger partial charge is 0.481 e. The van der Waals surface area contributed by atoms with Crippen LogP contribution in [0, 0.1) is 6.92 Å². The molecular weight excluding hydrogens is 308 g/mol. The number of amides is 1. The number of ether oxygens (including phenoxy) is 1. The molecule has 130 valence electrons. The molecule has 1 aliphatic rings. The van der Waals surface area contributed by atoms with E-state index in [-0.39, 0.29) is 11.9 Å². The van der Waals surface area contributed by atoms with Gasteiger partial charge in [-0.2, -0.15) is 10.2 Å². The van der Waals surface area contributed by atoms with Crippen LogP contribution >= 0.6 is 0 Å². The Morgan fingerprint density at radius 2 is 2.33 bits per heavy atom. The number of H-pyrrole nitrogens is 1. The molecule has 1 fully saturated rings. The molecule has 0 aromatic carbocycles. The van der Waals surface area contributed by atoms with Gasteiger partial charge in [-0.05, 0) is 26.3 Å². The highest BCUT2D eigenvalue weighted by atomic mass is 16.5. The van der Waals surface area contributed by atoms with E-state index in [0.717, 1.165) is 36.3 Å². The van der Waals surface area contributed by atoms with Crippen LogP contribution in [0.15, 0.2) is 6.20 Å². The number of carbonyl (C=O) groups is 1. The number of carbonyl (C=O) groups excluding carboxylic acids is 1. The van der Waals surface area contributed by atoms with Crippen LogP contribution in [0.25, 0.3) is 0 Å². The zero-order valence-electron chi connectivity index (χ0n) is 14.3. The summed E-state index contributed by atoms with van der Waals surface area (Å²) >= 11 is 0. The highest BCUT2D eigenvalue weighted by Gasteiger charge is 2.23. The van der Waals surface area contributed by atoms with Crippen molar-refractivity contribution in [1.82, 2.24) is 30.6 Å². The predicted octanol–water partition coefficient (Wildman–Crippen LogP) is 1.20. The summed E-state index contributed by atoms with van der Waals surface area (Å²) in [5.41, 5.74) is 3.18. The van der Waals surface area contributed by atoms with Crippen molar-refractivity contribution in [3.63, 3.8) is 0 Å². The molecule has 3 rings (SSSR count). The van der Waals surface area contributed by atoms with Gasteiger partial charge in [0.1, 0.15) is 0 Å². The molecule has 1 amide bonds. The smallest absolute Gasteiger partial charge is 0.255 e. The third kappa shape index (κ3) is 3.14. The lowest BCUT2D eigenvalue weighted by Crippen LogP contribution is -2.30. The number of methoxy groups -OCH3 is 1. The fraction of sp³-hybridized carbons (Fsp3) is 0.562. The summed E-state index contributed by atoms with van der Waals surface area (Å²) in [7, 11) is 3.42. The number of hydrogen-bond donors (Lipinski definition) is 3. The van der Waals surface area contributed by atoms with Gasteiger partial charge in [0, 0.05) is 13.1 Å². The SMILES string of the molecule is COc1c(CNC(=O)c2cn[nH]c2C2CCCCN2)c(C)nn1C. The molecule has 8 heteroatoms. The van der Waals surface area contributed by atoms with Gasteiger partial charge >= 0.3 is 0 Å². The summed E-state index contributed by atoms with van der Waals surface area (Å²) in [4.78, 5) is 12.6. The lowest BCUT2D eigenvalue weighted by atomic mass is 9.99. The summed E-state index contributed by atoms with van der Waals surface area (Å²) in [6, 6.07) is 0.164. The molecule has 8 nitrogen and oxygen atoms in total. The number of piperidine rings is 1. The molecule has 0 aliphatic carbocycles. The highest BCUT2D eigenvalue weighted by molar-refractivity contribution is 5.95. The van der Waals surface area contributed by atoms with Gasteiger partial charge in [-0.3, -0.25) is 9.89 Å². The topological polar surface area (TPSA) is 96.9 Å². The Kier molecular flexibility index (Phi) is 4.84. The Balaban J connectivity index is 1.71. The molecule has 1 aliphatic heterocycles. The molecule has 24 heavy (non-hydrogen) atoms. The van der Waals surface area contributed by atoms with Crippen LogP contribution in [0.2, 0.25) is 0 Å². The van der Waals surface area contributed by atoms with Crippen LogP contribution in [0.5, 0.6) is 5.88 Å². The molecule has 1 unspecified atom stereocenters. The number of hydrogen-bond acceptors (Lipinski definition) is 5. The second-order valence-electron chi connectivity index (χ2n) is 6.08. The molecule has 2 aromatic rings. The molecular formula is C16H24N6O2. The molecule has 1 saturated heterocycles. The maximum Gasteiger partial charge on any atom is 0.255 e. The summed E-state index contributed by atoms with van der Waals surface area (Å²) < 4.78 is 7.03. The van der Waals surface area contributed by atoms with Crippen LogP contribution in [0.1, 0.15) is 52.6 Å². The summed E-state index contributed by atoms with van der Waals surface area (Å²) in [6.07, 6.45) is 4.93. The zero-order chi connectivity index (χ0) is 17.1. The van der Waals surface area contributed by atoms with Crippen molar-refractivity contribution in [3.05, 3.63) is 28.7 Å². The van der Waals surface area contributed by atoms with E-state index in [0.29, 0.717) is 18.0 Å². The lowest BCUT2D eigenvalue weighted by Gasteiger charge is -2.23. The molecule has 3 N–H and O–H groups in total. The second kappa shape index (κ2) is 7.04. The fourth-order valence-corrected chi connectivity index (χ4v) is 3.24. The number of rotatable bonds is 5. The van der Waals surface area contributed by atoms with E-state index in [1.807, 2.05) is 14.0 Å². The Morgan fingerprint density at radius 3 is 3.04 bits per heavy atom. The number of nitrogens with zero attached hydrogens (tertiary/aromatic N) is 3. The minimum Gasteiger partial charge on any atom is -0.481 e. The lowest BCUT2D eigenvalue weighted by molar-refractivity contribution is 0.0948. The van der Waals surface area contributed by atoms with Crippen LogP contribution in [-0.2, 0) is 13.6 Å². The second-order valence-corrected chi connectivity index (χ2v) is 6.08. The van der Waals surface area contributed by atoms with Gasteiger partial charge in [-0.25, -0.2) is 4.68 Å². The fourth-order valence-electron chi connectivity index (χ4n) is 3.24. The molecule has 1 atom stereocenters. The number of aromatic amines is 1. The average molecular weight is 332 g/mol. The van der Waals surface area contributed by atoms with Crippen LogP contribution < -0.4 is 15.4 Å². The molecule has 3 heterocycles. The summed E-state index contributed by atoms with van der Waals surface area (Å²) in [5.74, 6) is 0.519. The van der Waals surface area contributed by atoms with E-state index in [9.17, 15) is 4.79 Å². The van der Waals surface area contributed by atoms with Crippen molar-refractivity contribution in [2.45, 2.75) is 38.8 Å². The quantitative estimate of drug-likeness (QED) is 0.764. The first-order valence-corrected chi connectivity index (χ1v) is 8.23. The monoisotopic (exact) mass is 332 g/mol. The van der Waals surface area contributed by atoms with E-state index >= 15 is 0 Å². The Hall–Kier alpha value is -2.35. The third-order valence-corrected chi connectivity index (χ3v) is 4.48. The Labute approximate surface area is 141 Å². The normalized spacial score (nSPS) is 17.7. The van der Waals surface area contributed by atoms with Crippen molar-refractivity contribution < 1.29 is 9.53 Å². The summed E-state index contributed by atoms with van der Waals surface area (Å²) in [6.45, 7) is 3.24. The standard InChI is InChI=1S/C16H24N6O2/c1-10-11(16(24-3)22(2)21-10)8-18-15(23)12-9-19-20-14(12)13-6-4-5-7-17-13/h9,13,17H,4-8H2,1-3H3,(H,18,23)(H,19,20). The molecule has 0 bridgehead atoms. The van der Waals surface area contributed by atoms with Gasteiger partial charge < -0.3 is 15.4 Å². The molecule has 0 radical (unpaired) electrons. The first kappa shape index (κ1) is 16.5. The maximum absolute atomic E-state index is 12.6. The molecule has 2 aromatic heterocycles.